The van der Waals surface area contributed by atoms with Crippen molar-refractivity contribution in [3.8, 4) is 123 Å². The predicted molar refractivity (Wildman–Crippen MR) is 484 cm³/mol. The molecule has 0 radical (unpaired) electrons. The zero-order valence-electron chi connectivity index (χ0n) is 62.7. The van der Waals surface area contributed by atoms with Gasteiger partial charge in [0, 0.05) is 61.6 Å². The Balaban J connectivity index is 0.910. The number of rotatable bonds is 13. The largest absolute Gasteiger partial charge is 0.311 e. The first-order chi connectivity index (χ1) is 57.0. The van der Waals surface area contributed by atoms with Crippen LogP contribution in [-0.4, -0.2) is 21.7 Å². The van der Waals surface area contributed by atoms with Crippen molar-refractivity contribution in [3.63, 3.8) is 0 Å². The molecule has 19 aromatic carbocycles. The van der Waals surface area contributed by atoms with Crippen LogP contribution in [0.2, 0.25) is 0 Å². The van der Waals surface area contributed by atoms with E-state index in [9.17, 15) is 0 Å². The van der Waals surface area contributed by atoms with E-state index in [4.69, 9.17) is 15.0 Å². The quantitative estimate of drug-likeness (QED) is 0.0850. The maximum absolute atomic E-state index is 6.00. The second-order valence-corrected chi connectivity index (χ2v) is 30.2. The fraction of sp³-hybridized carbons (Fsp3) is 0. The number of anilines is 6. The fourth-order valence-electron chi connectivity index (χ4n) is 18.0. The van der Waals surface area contributed by atoms with Crippen LogP contribution in [0, 0.1) is 0 Å². The van der Waals surface area contributed by atoms with Gasteiger partial charge in [-0.2, -0.15) is 0 Å². The molecule has 0 spiro atoms. The Morgan fingerprint density at radius 2 is 0.409 bits per heavy atom. The lowest BCUT2D eigenvalue weighted by molar-refractivity contribution is 1.07. The highest BCUT2D eigenvalue weighted by atomic mass is 15.2. The smallest absolute Gasteiger partial charge is 0.252 e. The Kier molecular flexibility index (Phi) is 16.3. The number of hydrogen-bond acceptors (Lipinski definition) is 5. The van der Waals surface area contributed by atoms with E-state index in [1.54, 1.807) is 0 Å². The molecular formula is C109H70BN5. The first kappa shape index (κ1) is 66.8. The van der Waals surface area contributed by atoms with Crippen LogP contribution in [0.5, 0.6) is 0 Å². The van der Waals surface area contributed by atoms with Crippen LogP contribution in [-0.2, 0) is 0 Å². The molecule has 22 rings (SSSR count). The maximum Gasteiger partial charge on any atom is 0.252 e. The highest BCUT2D eigenvalue weighted by Crippen LogP contribution is 2.53. The van der Waals surface area contributed by atoms with Crippen molar-refractivity contribution in [2.75, 3.05) is 9.80 Å². The zero-order chi connectivity index (χ0) is 75.9. The second kappa shape index (κ2) is 28.0. The lowest BCUT2D eigenvalue weighted by Crippen LogP contribution is -2.61. The molecule has 2 aliphatic heterocycles. The van der Waals surface area contributed by atoms with Gasteiger partial charge in [-0.05, 0) is 223 Å². The summed E-state index contributed by atoms with van der Waals surface area (Å²) in [7, 11) is 0. The summed E-state index contributed by atoms with van der Waals surface area (Å²) in [6.07, 6.45) is 0. The van der Waals surface area contributed by atoms with Crippen LogP contribution in [0.15, 0.2) is 425 Å². The van der Waals surface area contributed by atoms with E-state index in [0.29, 0.717) is 17.5 Å². The van der Waals surface area contributed by atoms with Gasteiger partial charge in [-0.1, -0.05) is 340 Å². The van der Waals surface area contributed by atoms with Crippen LogP contribution < -0.4 is 26.2 Å². The summed E-state index contributed by atoms with van der Waals surface area (Å²) in [5, 5.41) is 9.37. The minimum Gasteiger partial charge on any atom is -0.311 e. The third kappa shape index (κ3) is 11.9. The fourth-order valence-corrected chi connectivity index (χ4v) is 18.0. The molecule has 115 heavy (non-hydrogen) atoms. The highest BCUT2D eigenvalue weighted by Gasteiger charge is 2.46. The van der Waals surface area contributed by atoms with Gasteiger partial charge < -0.3 is 9.80 Å². The Morgan fingerprint density at radius 3 is 0.696 bits per heavy atom. The van der Waals surface area contributed by atoms with Gasteiger partial charge in [0.25, 0.3) is 6.71 Å². The van der Waals surface area contributed by atoms with Gasteiger partial charge in [0.2, 0.25) is 0 Å². The molecule has 534 valence electrons. The molecule has 0 fully saturated rings. The molecule has 2 aliphatic rings. The standard InChI is InChI=1S/C109H70BN5/c1-9-29-71(30-10-1)81-57-82(72-31-11-2-12-32-72)62-89(61-81)107-111-108(90-63-83(73-33-13-3-14-34-73)58-84(64-90)74-35-15-4-16-36-74)113-109(112-107)91-69-102-104-103(70-91)115(93-67-87(77-41-21-7-22-42-77)60-88(68-93)78-43-23-8-24-44-78)106-99-52-50-80-46-26-28-48-95(80)97(99)54-56-101(106)110(104)100-55-53-96-94-47-27-25-45-79(94)49-51-98(96)105(100)114(102)92-65-85(75-37-17-5-18-38-75)59-86(66-92)76-39-19-6-20-40-76/h1-70H. The number of aromatic nitrogens is 3. The van der Waals surface area contributed by atoms with Crippen molar-refractivity contribution >= 4 is 100 Å². The van der Waals surface area contributed by atoms with E-state index in [1.807, 2.05) is 0 Å². The SMILES string of the molecule is c1ccc(-c2cc(-c3ccccc3)cc(-c3nc(-c4cc(-c5ccccc5)cc(-c5ccccc5)c4)nc(-c4cc5c6c(c4)N(c4cc(-c7ccccc7)cc(-c7ccccc7)c4)c4c(ccc7c4ccc4ccccc47)B6c4ccc6c(ccc7ccccc76)c4N5c4cc(-c5ccccc5)cc(-c5ccccc5)c4)n3)c2)cc1. The van der Waals surface area contributed by atoms with E-state index in [1.165, 1.54) is 43.2 Å². The molecule has 0 saturated carbocycles. The molecule has 0 saturated heterocycles. The van der Waals surface area contributed by atoms with Crippen LogP contribution >= 0.6 is 0 Å². The van der Waals surface area contributed by atoms with Gasteiger partial charge in [-0.25, -0.2) is 15.0 Å². The summed E-state index contributed by atoms with van der Waals surface area (Å²) in [5.41, 5.74) is 29.7. The summed E-state index contributed by atoms with van der Waals surface area (Å²) < 4.78 is 0. The first-order valence-corrected chi connectivity index (χ1v) is 39.5. The number of nitrogens with zero attached hydrogens (tertiary/aromatic N) is 5. The Labute approximate surface area is 668 Å². The molecule has 5 nitrogen and oxygen atoms in total. The molecule has 0 atom stereocenters. The summed E-state index contributed by atoms with van der Waals surface area (Å²) in [6.45, 7) is -0.307. The molecule has 1 aromatic heterocycles. The van der Waals surface area contributed by atoms with Gasteiger partial charge >= 0.3 is 0 Å². The van der Waals surface area contributed by atoms with Gasteiger partial charge in [0.15, 0.2) is 17.5 Å². The minimum absolute atomic E-state index is 0.307. The lowest BCUT2D eigenvalue weighted by Gasteiger charge is -2.45. The monoisotopic (exact) mass is 1460 g/mol. The number of benzene rings is 19. The topological polar surface area (TPSA) is 45.2 Å². The number of fused-ring (bicyclic) bond motifs is 12. The van der Waals surface area contributed by atoms with E-state index < -0.39 is 0 Å². The summed E-state index contributed by atoms with van der Waals surface area (Å²) in [4.78, 5) is 23.0. The Bertz CT molecular complexity index is 6530. The van der Waals surface area contributed by atoms with Crippen LogP contribution in [0.25, 0.3) is 166 Å². The molecule has 3 heterocycles. The molecule has 0 N–H and O–H groups in total. The summed E-state index contributed by atoms with van der Waals surface area (Å²) >= 11 is 0. The number of hydrogen-bond donors (Lipinski definition) is 0. The molecule has 6 heteroatoms. The van der Waals surface area contributed by atoms with Crippen molar-refractivity contribution in [1.29, 1.82) is 0 Å². The second-order valence-electron chi connectivity index (χ2n) is 30.2. The van der Waals surface area contributed by atoms with Gasteiger partial charge in [0.05, 0.1) is 0 Å². The first-order valence-electron chi connectivity index (χ1n) is 39.5. The molecular weight excluding hydrogens is 1390 g/mol. The van der Waals surface area contributed by atoms with Crippen molar-refractivity contribution in [2.24, 2.45) is 0 Å². The van der Waals surface area contributed by atoms with E-state index in [-0.39, 0.29) is 6.71 Å². The van der Waals surface area contributed by atoms with E-state index in [0.717, 1.165) is 156 Å². The summed E-state index contributed by atoms with van der Waals surface area (Å²) in [6, 6.07) is 156. The van der Waals surface area contributed by atoms with Gasteiger partial charge in [-0.3, -0.25) is 0 Å². The summed E-state index contributed by atoms with van der Waals surface area (Å²) in [5.74, 6) is 1.59. The molecule has 0 amide bonds. The van der Waals surface area contributed by atoms with Crippen LogP contribution in [0.1, 0.15) is 0 Å². The Hall–Kier alpha value is -15.1. The van der Waals surface area contributed by atoms with Crippen molar-refractivity contribution in [3.05, 3.63) is 425 Å². The van der Waals surface area contributed by atoms with E-state index in [2.05, 4.69) is 434 Å². The Morgan fingerprint density at radius 1 is 0.174 bits per heavy atom. The highest BCUT2D eigenvalue weighted by molar-refractivity contribution is 7.01. The van der Waals surface area contributed by atoms with Crippen LogP contribution in [0.4, 0.5) is 34.1 Å². The minimum atomic E-state index is -0.307. The zero-order valence-corrected chi connectivity index (χ0v) is 62.7. The van der Waals surface area contributed by atoms with Gasteiger partial charge in [-0.15, -0.1) is 0 Å². The molecule has 0 aliphatic carbocycles. The third-order valence-electron chi connectivity index (χ3n) is 23.3. The average molecular weight is 1460 g/mol. The maximum atomic E-state index is 6.00. The van der Waals surface area contributed by atoms with E-state index >= 15 is 0 Å². The normalized spacial score (nSPS) is 12.1. The van der Waals surface area contributed by atoms with Crippen LogP contribution in [0.3, 0.4) is 0 Å². The van der Waals surface area contributed by atoms with Crippen molar-refractivity contribution in [2.45, 2.75) is 0 Å². The average Bonchev–Trinajstić information content (AvgIpc) is 0.682. The third-order valence-corrected chi connectivity index (χ3v) is 23.3. The molecule has 0 bridgehead atoms. The predicted octanol–water partition coefficient (Wildman–Crippen LogP) is 26.9. The molecule has 20 aromatic rings. The molecule has 0 unspecified atom stereocenters. The van der Waals surface area contributed by atoms with Gasteiger partial charge in [0.1, 0.15) is 0 Å². The lowest BCUT2D eigenvalue weighted by atomic mass is 9.33. The van der Waals surface area contributed by atoms with Crippen molar-refractivity contribution < 1.29 is 0 Å². The van der Waals surface area contributed by atoms with Crippen molar-refractivity contribution in [1.82, 2.24) is 15.0 Å².